The minimum atomic E-state index is 0.287. The van der Waals surface area contributed by atoms with Crippen LogP contribution in [0.5, 0.6) is 0 Å². The zero-order valence-corrected chi connectivity index (χ0v) is 8.69. The van der Waals surface area contributed by atoms with Crippen molar-refractivity contribution < 1.29 is 5.11 Å². The second kappa shape index (κ2) is 6.56. The van der Waals surface area contributed by atoms with Crippen LogP contribution in [-0.4, -0.2) is 34.1 Å². The van der Waals surface area contributed by atoms with Crippen LogP contribution >= 0.6 is 0 Å². The van der Waals surface area contributed by atoms with E-state index < -0.39 is 0 Å². The molecular formula is C10H19N3O. The van der Waals surface area contributed by atoms with Crippen molar-refractivity contribution >= 4 is 0 Å². The molecule has 4 heteroatoms. The molecule has 0 radical (unpaired) electrons. The average Bonchev–Trinajstić information content (AvgIpc) is 2.65. The summed E-state index contributed by atoms with van der Waals surface area (Å²) < 4.78 is 1.92. The number of hydrogen-bond acceptors (Lipinski definition) is 3. The lowest BCUT2D eigenvalue weighted by Crippen LogP contribution is -2.31. The first-order valence-electron chi connectivity index (χ1n) is 5.14. The molecule has 1 aromatic heterocycles. The van der Waals surface area contributed by atoms with Crippen molar-refractivity contribution in [2.75, 3.05) is 13.2 Å². The predicted octanol–water partition coefficient (Wildman–Crippen LogP) is 0.634. The van der Waals surface area contributed by atoms with Gasteiger partial charge in [0.25, 0.3) is 0 Å². The highest BCUT2D eigenvalue weighted by atomic mass is 16.2. The summed E-state index contributed by atoms with van der Waals surface area (Å²) in [6, 6.07) is 2.35. The molecule has 1 atom stereocenters. The van der Waals surface area contributed by atoms with E-state index in [1.807, 2.05) is 16.9 Å². The molecule has 0 bridgehead atoms. The summed E-state index contributed by atoms with van der Waals surface area (Å²) in [6.45, 7) is 4.28. The number of aliphatic hydroxyl groups excluding tert-OH is 1. The van der Waals surface area contributed by atoms with Crippen LogP contribution in [0.2, 0.25) is 0 Å². The Morgan fingerprint density at radius 3 is 3.00 bits per heavy atom. The van der Waals surface area contributed by atoms with Gasteiger partial charge in [-0.25, -0.2) is 0 Å². The van der Waals surface area contributed by atoms with Gasteiger partial charge in [-0.05, 0) is 32.4 Å². The molecule has 4 nitrogen and oxygen atoms in total. The quantitative estimate of drug-likeness (QED) is 0.630. The minimum Gasteiger partial charge on any atom is -0.396 e. The topological polar surface area (TPSA) is 50.1 Å². The third kappa shape index (κ3) is 4.39. The molecule has 0 aliphatic carbocycles. The maximum Gasteiger partial charge on any atom is 0.0559 e. The Hall–Kier alpha value is -0.870. The lowest BCUT2D eigenvalue weighted by Gasteiger charge is -2.13. The van der Waals surface area contributed by atoms with Gasteiger partial charge in [0, 0.05) is 25.0 Å². The van der Waals surface area contributed by atoms with Gasteiger partial charge in [-0.3, -0.25) is 4.68 Å². The molecule has 0 fully saturated rings. The van der Waals surface area contributed by atoms with Gasteiger partial charge in [-0.2, -0.15) is 5.10 Å². The van der Waals surface area contributed by atoms with Gasteiger partial charge in [0.15, 0.2) is 0 Å². The Bertz CT molecular complexity index is 223. The lowest BCUT2D eigenvalue weighted by molar-refractivity contribution is 0.282. The summed E-state index contributed by atoms with van der Waals surface area (Å²) >= 11 is 0. The molecule has 0 aromatic carbocycles. The first-order valence-corrected chi connectivity index (χ1v) is 5.14. The van der Waals surface area contributed by atoms with Crippen LogP contribution in [0.1, 0.15) is 19.8 Å². The van der Waals surface area contributed by atoms with Crippen LogP contribution < -0.4 is 5.32 Å². The van der Waals surface area contributed by atoms with Crippen molar-refractivity contribution in [3.63, 3.8) is 0 Å². The summed E-state index contributed by atoms with van der Waals surface area (Å²) in [5.74, 6) is 0. The summed E-state index contributed by atoms with van der Waals surface area (Å²) in [5.41, 5.74) is 0. The van der Waals surface area contributed by atoms with Gasteiger partial charge >= 0.3 is 0 Å². The second-order valence-electron chi connectivity index (χ2n) is 3.51. The number of aromatic nitrogens is 2. The molecule has 0 saturated carbocycles. The Balaban J connectivity index is 2.07. The van der Waals surface area contributed by atoms with E-state index in [0.29, 0.717) is 6.04 Å². The standard InChI is InChI=1S/C10H19N3O/c1-10(11-5-2-3-8-14)9-13-7-4-6-12-13/h4,6-7,10-11,14H,2-3,5,8-9H2,1H3. The van der Waals surface area contributed by atoms with Crippen molar-refractivity contribution in [3.05, 3.63) is 18.5 Å². The van der Waals surface area contributed by atoms with Crippen LogP contribution in [0.4, 0.5) is 0 Å². The van der Waals surface area contributed by atoms with Gasteiger partial charge in [-0.15, -0.1) is 0 Å². The fourth-order valence-electron chi connectivity index (χ4n) is 1.34. The Kier molecular flexibility index (Phi) is 5.25. The van der Waals surface area contributed by atoms with Crippen molar-refractivity contribution in [3.8, 4) is 0 Å². The first kappa shape index (κ1) is 11.2. The number of unbranched alkanes of at least 4 members (excludes halogenated alkanes) is 1. The van der Waals surface area contributed by atoms with E-state index in [2.05, 4.69) is 17.3 Å². The summed E-state index contributed by atoms with van der Waals surface area (Å²) in [7, 11) is 0. The number of hydrogen-bond donors (Lipinski definition) is 2. The van der Waals surface area contributed by atoms with Gasteiger partial charge in [0.2, 0.25) is 0 Å². The predicted molar refractivity (Wildman–Crippen MR) is 56.0 cm³/mol. The van der Waals surface area contributed by atoms with Crippen LogP contribution in [0.15, 0.2) is 18.5 Å². The summed E-state index contributed by atoms with van der Waals surface area (Å²) in [4.78, 5) is 0. The molecule has 0 saturated heterocycles. The summed E-state index contributed by atoms with van der Waals surface area (Å²) in [5, 5.41) is 16.1. The molecule has 0 spiro atoms. The van der Waals surface area contributed by atoms with Crippen LogP contribution in [-0.2, 0) is 6.54 Å². The Labute approximate surface area is 84.9 Å². The van der Waals surface area contributed by atoms with Crippen LogP contribution in [0, 0.1) is 0 Å². The largest absolute Gasteiger partial charge is 0.396 e. The first-order chi connectivity index (χ1) is 6.83. The van der Waals surface area contributed by atoms with Crippen LogP contribution in [0.3, 0.4) is 0 Å². The lowest BCUT2D eigenvalue weighted by atomic mass is 10.3. The van der Waals surface area contributed by atoms with Crippen molar-refractivity contribution in [1.29, 1.82) is 0 Å². The third-order valence-electron chi connectivity index (χ3n) is 2.10. The highest BCUT2D eigenvalue weighted by molar-refractivity contribution is 4.78. The molecule has 1 heterocycles. The van der Waals surface area contributed by atoms with Crippen molar-refractivity contribution in [2.45, 2.75) is 32.4 Å². The molecule has 2 N–H and O–H groups in total. The number of rotatable bonds is 7. The summed E-state index contributed by atoms with van der Waals surface area (Å²) in [6.07, 6.45) is 5.66. The fraction of sp³-hybridized carbons (Fsp3) is 0.700. The van der Waals surface area contributed by atoms with E-state index in [9.17, 15) is 0 Å². The Morgan fingerprint density at radius 2 is 2.36 bits per heavy atom. The van der Waals surface area contributed by atoms with E-state index in [1.165, 1.54) is 0 Å². The van der Waals surface area contributed by atoms with E-state index in [0.717, 1.165) is 25.9 Å². The normalized spacial score (nSPS) is 13.0. The molecule has 0 amide bonds. The second-order valence-corrected chi connectivity index (χ2v) is 3.51. The number of nitrogens with one attached hydrogen (secondary N) is 1. The van der Waals surface area contributed by atoms with Gasteiger partial charge < -0.3 is 10.4 Å². The van der Waals surface area contributed by atoms with Gasteiger partial charge in [-0.1, -0.05) is 0 Å². The Morgan fingerprint density at radius 1 is 1.50 bits per heavy atom. The molecule has 14 heavy (non-hydrogen) atoms. The molecule has 1 unspecified atom stereocenters. The average molecular weight is 197 g/mol. The number of nitrogens with zero attached hydrogens (tertiary/aromatic N) is 2. The monoisotopic (exact) mass is 197 g/mol. The highest BCUT2D eigenvalue weighted by Crippen LogP contribution is 1.91. The van der Waals surface area contributed by atoms with E-state index in [1.54, 1.807) is 6.20 Å². The number of aliphatic hydroxyl groups is 1. The molecule has 1 rings (SSSR count). The molecule has 0 aliphatic rings. The highest BCUT2D eigenvalue weighted by Gasteiger charge is 2.01. The van der Waals surface area contributed by atoms with Crippen molar-refractivity contribution in [1.82, 2.24) is 15.1 Å². The van der Waals surface area contributed by atoms with Crippen molar-refractivity contribution in [2.24, 2.45) is 0 Å². The molecule has 80 valence electrons. The molecular weight excluding hydrogens is 178 g/mol. The fourth-order valence-corrected chi connectivity index (χ4v) is 1.34. The zero-order chi connectivity index (χ0) is 10.2. The maximum atomic E-state index is 8.60. The third-order valence-corrected chi connectivity index (χ3v) is 2.10. The molecule has 0 aliphatic heterocycles. The SMILES string of the molecule is CC(Cn1cccn1)NCCCCO. The zero-order valence-electron chi connectivity index (χ0n) is 8.69. The van der Waals surface area contributed by atoms with Gasteiger partial charge in [0.05, 0.1) is 6.54 Å². The smallest absolute Gasteiger partial charge is 0.0559 e. The van der Waals surface area contributed by atoms with Gasteiger partial charge in [0.1, 0.15) is 0 Å². The molecule has 1 aromatic rings. The van der Waals surface area contributed by atoms with E-state index >= 15 is 0 Å². The van der Waals surface area contributed by atoms with Crippen LogP contribution in [0.25, 0.3) is 0 Å². The minimum absolute atomic E-state index is 0.287. The van der Waals surface area contributed by atoms with E-state index in [4.69, 9.17) is 5.11 Å². The maximum absolute atomic E-state index is 8.60. The van der Waals surface area contributed by atoms with E-state index in [-0.39, 0.29) is 6.61 Å².